The van der Waals surface area contributed by atoms with Crippen LogP contribution in [-0.2, 0) is 16.0 Å². The molecule has 0 radical (unpaired) electrons. The maximum atomic E-state index is 11.9. The molecule has 1 atom stereocenters. The Balaban J connectivity index is 2.68. The van der Waals surface area contributed by atoms with E-state index in [1.54, 1.807) is 0 Å². The Kier molecular flexibility index (Phi) is 4.05. The molecule has 0 aliphatic heterocycles. The number of halogens is 3. The lowest BCUT2D eigenvalue weighted by atomic mass is 10.2. The van der Waals surface area contributed by atoms with Gasteiger partial charge in [0.25, 0.3) is 0 Å². The van der Waals surface area contributed by atoms with Crippen LogP contribution < -0.4 is 5.32 Å². The number of hydrogen-bond acceptors (Lipinski definition) is 4. The summed E-state index contributed by atoms with van der Waals surface area (Å²) in [5.74, 6) is -3.80. The van der Waals surface area contributed by atoms with Gasteiger partial charge in [-0.3, -0.25) is 9.78 Å². The number of aromatic nitrogens is 1. The Labute approximate surface area is 97.3 Å². The minimum absolute atomic E-state index is 0.234. The monoisotopic (exact) mass is 268 g/mol. The minimum atomic E-state index is -5.10. The summed E-state index contributed by atoms with van der Waals surface area (Å²) in [5, 5.41) is 10.1. The van der Waals surface area contributed by atoms with E-state index in [9.17, 15) is 22.8 Å². The average Bonchev–Trinajstić information content (AvgIpc) is 2.67. The van der Waals surface area contributed by atoms with Crippen LogP contribution in [-0.4, -0.2) is 34.2 Å². The van der Waals surface area contributed by atoms with E-state index in [1.165, 1.54) is 17.0 Å². The van der Waals surface area contributed by atoms with E-state index in [1.807, 2.05) is 0 Å². The van der Waals surface area contributed by atoms with Gasteiger partial charge in [-0.05, 0) is 0 Å². The molecule has 0 saturated heterocycles. The lowest BCUT2D eigenvalue weighted by Crippen LogP contribution is -2.47. The maximum absolute atomic E-state index is 11.9. The van der Waals surface area contributed by atoms with Gasteiger partial charge in [0.1, 0.15) is 6.04 Å². The van der Waals surface area contributed by atoms with E-state index in [0.717, 1.165) is 11.3 Å². The van der Waals surface area contributed by atoms with Gasteiger partial charge in [0.15, 0.2) is 0 Å². The molecule has 2 N–H and O–H groups in total. The zero-order valence-electron chi connectivity index (χ0n) is 8.19. The quantitative estimate of drug-likeness (QED) is 0.847. The summed E-state index contributed by atoms with van der Waals surface area (Å²) in [6.07, 6.45) is -4.00. The Morgan fingerprint density at radius 2 is 2.18 bits per heavy atom. The zero-order valence-corrected chi connectivity index (χ0v) is 9.01. The fourth-order valence-electron chi connectivity index (χ4n) is 0.984. The summed E-state index contributed by atoms with van der Waals surface area (Å²) in [5.41, 5.74) is 1.42. The topological polar surface area (TPSA) is 79.3 Å². The highest BCUT2D eigenvalue weighted by Crippen LogP contribution is 2.15. The van der Waals surface area contributed by atoms with Crippen molar-refractivity contribution in [2.75, 3.05) is 0 Å². The largest absolute Gasteiger partial charge is 0.480 e. The molecule has 0 aliphatic rings. The highest BCUT2D eigenvalue weighted by molar-refractivity contribution is 7.09. The number of carbonyl (C=O) groups is 2. The molecule has 94 valence electrons. The number of aliphatic carboxylic acids is 1. The first-order valence-corrected chi connectivity index (χ1v) is 5.16. The Morgan fingerprint density at radius 1 is 1.53 bits per heavy atom. The van der Waals surface area contributed by atoms with Crippen LogP contribution in [0.2, 0.25) is 0 Å². The van der Waals surface area contributed by atoms with Crippen LogP contribution in [0, 0.1) is 0 Å². The summed E-state index contributed by atoms with van der Waals surface area (Å²) in [4.78, 5) is 25.4. The number of amides is 1. The van der Waals surface area contributed by atoms with Gasteiger partial charge in [-0.25, -0.2) is 4.79 Å². The van der Waals surface area contributed by atoms with Gasteiger partial charge >= 0.3 is 18.1 Å². The first-order chi connectivity index (χ1) is 7.80. The molecular weight excluding hydrogens is 261 g/mol. The summed E-state index contributed by atoms with van der Waals surface area (Å²) >= 11 is 1.10. The van der Waals surface area contributed by atoms with Crippen molar-refractivity contribution in [3.05, 3.63) is 16.6 Å². The Hall–Kier alpha value is -1.64. The first-order valence-electron chi connectivity index (χ1n) is 4.28. The molecule has 9 heteroatoms. The van der Waals surface area contributed by atoms with Crippen molar-refractivity contribution < 1.29 is 27.9 Å². The lowest BCUT2D eigenvalue weighted by Gasteiger charge is -2.14. The Morgan fingerprint density at radius 3 is 2.59 bits per heavy atom. The molecule has 0 spiro atoms. The number of nitrogens with one attached hydrogen (secondary N) is 1. The normalized spacial score (nSPS) is 13.1. The van der Waals surface area contributed by atoms with E-state index in [0.29, 0.717) is 4.88 Å². The second-order valence-corrected chi connectivity index (χ2v) is 4.00. The fourth-order valence-corrected chi connectivity index (χ4v) is 1.63. The SMILES string of the molecule is O=C(O)[C@@H](Cc1cncs1)NC(=O)C(F)(F)F. The van der Waals surface area contributed by atoms with Gasteiger partial charge in [-0.2, -0.15) is 13.2 Å². The third-order valence-electron chi connectivity index (χ3n) is 1.75. The standard InChI is InChI=1S/C8H7F3N2O3S/c9-8(10,11)7(16)13-5(6(14)15)1-4-2-12-3-17-4/h2-3,5H,1H2,(H,13,16)(H,14,15)/t5-/m1/s1. The van der Waals surface area contributed by atoms with Crippen molar-refractivity contribution in [1.29, 1.82) is 0 Å². The molecule has 0 aliphatic carbocycles. The summed E-state index contributed by atoms with van der Waals surface area (Å²) in [7, 11) is 0. The number of hydrogen-bond donors (Lipinski definition) is 2. The van der Waals surface area contributed by atoms with Gasteiger partial charge < -0.3 is 10.4 Å². The number of carboxylic acids is 1. The zero-order chi connectivity index (χ0) is 13.1. The van der Waals surface area contributed by atoms with Crippen molar-refractivity contribution in [2.45, 2.75) is 18.6 Å². The third-order valence-corrected chi connectivity index (χ3v) is 2.55. The molecule has 1 aromatic heterocycles. The second-order valence-electron chi connectivity index (χ2n) is 3.03. The maximum Gasteiger partial charge on any atom is 0.471 e. The van der Waals surface area contributed by atoms with Crippen LogP contribution in [0.3, 0.4) is 0 Å². The van der Waals surface area contributed by atoms with Gasteiger partial charge in [-0.15, -0.1) is 11.3 Å². The number of carbonyl (C=O) groups excluding carboxylic acids is 1. The smallest absolute Gasteiger partial charge is 0.471 e. The molecule has 0 saturated carbocycles. The molecule has 1 heterocycles. The highest BCUT2D eigenvalue weighted by atomic mass is 32.1. The third kappa shape index (κ3) is 4.02. The lowest BCUT2D eigenvalue weighted by molar-refractivity contribution is -0.175. The average molecular weight is 268 g/mol. The van der Waals surface area contributed by atoms with Crippen LogP contribution in [0.5, 0.6) is 0 Å². The van der Waals surface area contributed by atoms with Crippen LogP contribution in [0.15, 0.2) is 11.7 Å². The molecule has 0 fully saturated rings. The van der Waals surface area contributed by atoms with Crippen LogP contribution in [0.1, 0.15) is 4.88 Å². The van der Waals surface area contributed by atoms with Crippen molar-refractivity contribution in [2.24, 2.45) is 0 Å². The van der Waals surface area contributed by atoms with Gasteiger partial charge in [-0.1, -0.05) is 0 Å². The van der Waals surface area contributed by atoms with Crippen LogP contribution >= 0.6 is 11.3 Å². The number of alkyl halides is 3. The van der Waals surface area contributed by atoms with Crippen molar-refractivity contribution >= 4 is 23.2 Å². The second kappa shape index (κ2) is 5.13. The summed E-state index contributed by atoms with van der Waals surface area (Å²) in [6.45, 7) is 0. The molecule has 5 nitrogen and oxygen atoms in total. The summed E-state index contributed by atoms with van der Waals surface area (Å²) < 4.78 is 35.8. The minimum Gasteiger partial charge on any atom is -0.480 e. The molecule has 1 rings (SSSR count). The van der Waals surface area contributed by atoms with E-state index in [-0.39, 0.29) is 6.42 Å². The molecular formula is C8H7F3N2O3S. The molecule has 17 heavy (non-hydrogen) atoms. The number of thiazole rings is 1. The molecule has 1 aromatic rings. The van der Waals surface area contributed by atoms with E-state index in [4.69, 9.17) is 5.11 Å². The first kappa shape index (κ1) is 13.4. The molecule has 0 unspecified atom stereocenters. The van der Waals surface area contributed by atoms with Crippen LogP contribution in [0.25, 0.3) is 0 Å². The van der Waals surface area contributed by atoms with Gasteiger partial charge in [0, 0.05) is 17.5 Å². The van der Waals surface area contributed by atoms with Gasteiger partial charge in [0.2, 0.25) is 0 Å². The van der Waals surface area contributed by atoms with E-state index < -0.39 is 24.1 Å². The summed E-state index contributed by atoms with van der Waals surface area (Å²) in [6, 6.07) is -1.62. The number of rotatable bonds is 4. The molecule has 0 aromatic carbocycles. The van der Waals surface area contributed by atoms with E-state index >= 15 is 0 Å². The predicted molar refractivity (Wildman–Crippen MR) is 51.4 cm³/mol. The molecule has 1 amide bonds. The fraction of sp³-hybridized carbons (Fsp3) is 0.375. The predicted octanol–water partition coefficient (Wildman–Crippen LogP) is 0.817. The van der Waals surface area contributed by atoms with Crippen molar-refractivity contribution in [3.8, 4) is 0 Å². The number of carboxylic acid groups (broad SMARTS) is 1. The van der Waals surface area contributed by atoms with E-state index in [2.05, 4.69) is 4.98 Å². The number of nitrogens with zero attached hydrogens (tertiary/aromatic N) is 1. The Bertz CT molecular complexity index is 405. The highest BCUT2D eigenvalue weighted by Gasteiger charge is 2.40. The molecule has 0 bridgehead atoms. The van der Waals surface area contributed by atoms with Gasteiger partial charge in [0.05, 0.1) is 5.51 Å². The van der Waals surface area contributed by atoms with Crippen molar-refractivity contribution in [3.63, 3.8) is 0 Å². The van der Waals surface area contributed by atoms with Crippen molar-refractivity contribution in [1.82, 2.24) is 10.3 Å². The van der Waals surface area contributed by atoms with Crippen LogP contribution in [0.4, 0.5) is 13.2 Å².